The van der Waals surface area contributed by atoms with Gasteiger partial charge >= 0.3 is 12.5 Å². The average molecular weight is 321 g/mol. The number of alkyl halides is 6. The Hall–Kier alpha value is -2.38. The van der Waals surface area contributed by atoms with Crippen molar-refractivity contribution in [1.82, 2.24) is 0 Å². The highest BCUT2D eigenvalue weighted by Gasteiger charge is 2.36. The molecule has 0 saturated heterocycles. The first kappa shape index (κ1) is 16.0. The van der Waals surface area contributed by atoms with E-state index in [1.165, 1.54) is 18.2 Å². The van der Waals surface area contributed by atoms with Gasteiger partial charge in [0.05, 0.1) is 5.56 Å². The molecule has 22 heavy (non-hydrogen) atoms. The van der Waals surface area contributed by atoms with Crippen LogP contribution in [0.3, 0.4) is 0 Å². The fraction of sp³-hybridized carbons (Fsp3) is 0.143. The minimum Gasteiger partial charge on any atom is -0.406 e. The second-order valence-corrected chi connectivity index (χ2v) is 4.34. The fourth-order valence-corrected chi connectivity index (χ4v) is 1.99. The molecule has 0 aliphatic carbocycles. The first-order valence-corrected chi connectivity index (χ1v) is 5.90. The Bertz CT molecular complexity index is 678. The third-order valence-corrected chi connectivity index (χ3v) is 2.76. The van der Waals surface area contributed by atoms with Gasteiger partial charge in [-0.3, -0.25) is 0 Å². The Labute approximate surface area is 121 Å². The van der Waals surface area contributed by atoms with E-state index in [1.54, 1.807) is 0 Å². The van der Waals surface area contributed by atoms with Gasteiger partial charge in [0.2, 0.25) is 0 Å². The molecule has 0 fully saturated rings. The smallest absolute Gasteiger partial charge is 0.406 e. The molecule has 0 unspecified atom stereocenters. The van der Waals surface area contributed by atoms with E-state index >= 15 is 0 Å². The Balaban J connectivity index is 2.54. The highest BCUT2D eigenvalue weighted by Crippen LogP contribution is 2.41. The van der Waals surface area contributed by atoms with Crippen LogP contribution in [0.1, 0.15) is 5.56 Å². The van der Waals surface area contributed by atoms with Crippen molar-refractivity contribution in [3.05, 3.63) is 48.0 Å². The first-order valence-electron chi connectivity index (χ1n) is 5.90. The van der Waals surface area contributed by atoms with Crippen molar-refractivity contribution in [3.8, 4) is 16.9 Å². The molecule has 0 radical (unpaired) electrons. The van der Waals surface area contributed by atoms with E-state index in [0.29, 0.717) is 0 Å². The monoisotopic (exact) mass is 321 g/mol. The normalized spacial score (nSPS) is 12.3. The van der Waals surface area contributed by atoms with Crippen LogP contribution in [0.4, 0.5) is 32.0 Å². The lowest BCUT2D eigenvalue weighted by molar-refractivity contribution is -0.274. The summed E-state index contributed by atoms with van der Waals surface area (Å²) in [5, 5.41) is 0. The number of hydrogen-bond donors (Lipinski definition) is 1. The van der Waals surface area contributed by atoms with Crippen molar-refractivity contribution in [1.29, 1.82) is 0 Å². The summed E-state index contributed by atoms with van der Waals surface area (Å²) in [6.07, 6.45) is -9.66. The van der Waals surface area contributed by atoms with Crippen molar-refractivity contribution in [3.63, 3.8) is 0 Å². The molecular formula is C14H9F6NO. The summed E-state index contributed by atoms with van der Waals surface area (Å²) in [5.41, 5.74) is 3.35. The molecule has 0 aliphatic heterocycles. The molecule has 0 saturated carbocycles. The molecule has 2 N–H and O–H groups in total. The molecule has 2 aromatic carbocycles. The largest absolute Gasteiger partial charge is 0.573 e. The molecule has 2 rings (SSSR count). The SMILES string of the molecule is Nc1cccc(-c2cccc(OC(F)(F)F)c2)c1C(F)(F)F. The van der Waals surface area contributed by atoms with Gasteiger partial charge in [0.25, 0.3) is 0 Å². The van der Waals surface area contributed by atoms with Crippen molar-refractivity contribution < 1.29 is 31.1 Å². The molecule has 8 heteroatoms. The van der Waals surface area contributed by atoms with Gasteiger partial charge < -0.3 is 10.5 Å². The highest BCUT2D eigenvalue weighted by molar-refractivity contribution is 5.74. The summed E-state index contributed by atoms with van der Waals surface area (Å²) >= 11 is 0. The third kappa shape index (κ3) is 3.63. The summed E-state index contributed by atoms with van der Waals surface area (Å²) in [6.45, 7) is 0. The Kier molecular flexibility index (Phi) is 3.95. The number of ether oxygens (including phenoxy) is 1. The van der Waals surface area contributed by atoms with E-state index in [1.807, 2.05) is 0 Å². The van der Waals surface area contributed by atoms with Crippen molar-refractivity contribution in [2.45, 2.75) is 12.5 Å². The fourth-order valence-electron chi connectivity index (χ4n) is 1.99. The maximum Gasteiger partial charge on any atom is 0.573 e. The van der Waals surface area contributed by atoms with E-state index in [4.69, 9.17) is 5.73 Å². The topological polar surface area (TPSA) is 35.2 Å². The van der Waals surface area contributed by atoms with Crippen LogP contribution < -0.4 is 10.5 Å². The quantitative estimate of drug-likeness (QED) is 0.634. The predicted molar refractivity (Wildman–Crippen MR) is 68.0 cm³/mol. The zero-order valence-electron chi connectivity index (χ0n) is 10.8. The first-order chi connectivity index (χ1) is 10.1. The number of benzene rings is 2. The Morgan fingerprint density at radius 3 is 2.09 bits per heavy atom. The van der Waals surface area contributed by atoms with Crippen molar-refractivity contribution >= 4 is 5.69 Å². The summed E-state index contributed by atoms with van der Waals surface area (Å²) in [7, 11) is 0. The third-order valence-electron chi connectivity index (χ3n) is 2.76. The van der Waals surface area contributed by atoms with Crippen LogP contribution in [0.5, 0.6) is 5.75 Å². The summed E-state index contributed by atoms with van der Waals surface area (Å²) < 4.78 is 79.5. The van der Waals surface area contributed by atoms with E-state index in [-0.39, 0.29) is 11.1 Å². The average Bonchev–Trinajstić information content (AvgIpc) is 2.35. The van der Waals surface area contributed by atoms with Gasteiger partial charge in [0.1, 0.15) is 5.75 Å². The van der Waals surface area contributed by atoms with E-state index < -0.39 is 29.5 Å². The molecular weight excluding hydrogens is 312 g/mol. The standard InChI is InChI=1S/C14H9F6NO/c15-13(16,17)12-10(5-2-6-11(12)21)8-3-1-4-9(7-8)22-14(18,19)20/h1-7H,21H2. The predicted octanol–water partition coefficient (Wildman–Crippen LogP) is 4.85. The van der Waals surface area contributed by atoms with E-state index in [9.17, 15) is 26.3 Å². The van der Waals surface area contributed by atoms with Gasteiger partial charge in [-0.05, 0) is 29.3 Å². The van der Waals surface area contributed by atoms with Crippen molar-refractivity contribution in [2.24, 2.45) is 0 Å². The summed E-state index contributed by atoms with van der Waals surface area (Å²) in [4.78, 5) is 0. The van der Waals surface area contributed by atoms with Gasteiger partial charge in [0.15, 0.2) is 0 Å². The lowest BCUT2D eigenvalue weighted by Gasteiger charge is -2.16. The lowest BCUT2D eigenvalue weighted by atomic mass is 9.97. The van der Waals surface area contributed by atoms with Crippen LogP contribution >= 0.6 is 0 Å². The summed E-state index contributed by atoms with van der Waals surface area (Å²) in [6, 6.07) is 7.77. The molecule has 0 amide bonds. The second-order valence-electron chi connectivity index (χ2n) is 4.34. The zero-order chi connectivity index (χ0) is 16.5. The number of anilines is 1. The van der Waals surface area contributed by atoms with Crippen LogP contribution in [-0.4, -0.2) is 6.36 Å². The van der Waals surface area contributed by atoms with Crippen LogP contribution in [0.25, 0.3) is 11.1 Å². The molecule has 0 aromatic heterocycles. The molecule has 0 heterocycles. The Morgan fingerprint density at radius 2 is 1.50 bits per heavy atom. The maximum absolute atomic E-state index is 13.1. The minimum atomic E-state index is -4.93. The molecule has 0 atom stereocenters. The molecule has 0 spiro atoms. The van der Waals surface area contributed by atoms with Gasteiger partial charge in [0, 0.05) is 5.69 Å². The maximum atomic E-state index is 13.1. The van der Waals surface area contributed by atoms with Crippen LogP contribution in [0.2, 0.25) is 0 Å². The molecule has 0 bridgehead atoms. The number of rotatable bonds is 2. The molecule has 118 valence electrons. The molecule has 2 nitrogen and oxygen atoms in total. The van der Waals surface area contributed by atoms with Crippen LogP contribution in [0, 0.1) is 0 Å². The van der Waals surface area contributed by atoms with Crippen molar-refractivity contribution in [2.75, 3.05) is 5.73 Å². The second kappa shape index (κ2) is 5.43. The van der Waals surface area contributed by atoms with Gasteiger partial charge in [-0.25, -0.2) is 0 Å². The molecule has 0 aliphatic rings. The number of hydrogen-bond acceptors (Lipinski definition) is 2. The van der Waals surface area contributed by atoms with Gasteiger partial charge in [-0.1, -0.05) is 24.3 Å². The minimum absolute atomic E-state index is 0.0821. The number of nitrogen functional groups attached to an aromatic ring is 1. The highest BCUT2D eigenvalue weighted by atomic mass is 19.4. The Morgan fingerprint density at radius 1 is 0.864 bits per heavy atom. The molecule has 2 aromatic rings. The van der Waals surface area contributed by atoms with E-state index in [0.717, 1.165) is 24.3 Å². The lowest BCUT2D eigenvalue weighted by Crippen LogP contribution is -2.17. The zero-order valence-corrected chi connectivity index (χ0v) is 10.8. The van der Waals surface area contributed by atoms with E-state index in [2.05, 4.69) is 4.74 Å². The van der Waals surface area contributed by atoms with Gasteiger partial charge in [-0.2, -0.15) is 13.2 Å². The number of nitrogens with two attached hydrogens (primary N) is 1. The van der Waals surface area contributed by atoms with Crippen LogP contribution in [-0.2, 0) is 6.18 Å². The van der Waals surface area contributed by atoms with Crippen LogP contribution in [0.15, 0.2) is 42.5 Å². The number of halogens is 6. The van der Waals surface area contributed by atoms with Gasteiger partial charge in [-0.15, -0.1) is 13.2 Å². The summed E-state index contributed by atoms with van der Waals surface area (Å²) in [5.74, 6) is -0.611.